The third-order valence-corrected chi connectivity index (χ3v) is 6.16. The van der Waals surface area contributed by atoms with Gasteiger partial charge in [0.1, 0.15) is 0 Å². The number of fused-ring (bicyclic) bond motifs is 6. The Kier molecular flexibility index (Phi) is 3.03. The topological polar surface area (TPSA) is 14.2 Å². The number of hydrogen-bond acceptors (Lipinski definition) is 1. The molecule has 0 unspecified atom stereocenters. The summed E-state index contributed by atoms with van der Waals surface area (Å²) in [5.74, 6) is 1.80. The molecule has 0 amide bonds. The predicted octanol–water partition coefficient (Wildman–Crippen LogP) is 7.71. The summed E-state index contributed by atoms with van der Waals surface area (Å²) >= 11 is 0. The van der Waals surface area contributed by atoms with Crippen molar-refractivity contribution in [1.82, 2.24) is 4.57 Å². The molecule has 0 atom stereocenters. The molecule has 5 aromatic carbocycles. The molecule has 0 spiro atoms. The summed E-state index contributed by atoms with van der Waals surface area (Å²) in [6.07, 6.45) is 0. The maximum absolute atomic E-state index is 6.43. The molecule has 2 nitrogen and oxygen atoms in total. The fourth-order valence-corrected chi connectivity index (χ4v) is 4.87. The van der Waals surface area contributed by atoms with Gasteiger partial charge in [0.05, 0.1) is 16.7 Å². The van der Waals surface area contributed by atoms with E-state index in [2.05, 4.69) is 95.6 Å². The minimum Gasteiger partial charge on any atom is -0.453 e. The molecule has 0 aliphatic carbocycles. The van der Waals surface area contributed by atoms with Gasteiger partial charge in [0.2, 0.25) is 0 Å². The highest BCUT2D eigenvalue weighted by molar-refractivity contribution is 6.14. The molecule has 0 saturated heterocycles. The molecule has 2 heterocycles. The van der Waals surface area contributed by atoms with Gasteiger partial charge in [0.15, 0.2) is 11.5 Å². The Morgan fingerprint density at radius 3 is 2.30 bits per heavy atom. The Balaban J connectivity index is 1.64. The molecule has 0 bridgehead atoms. The highest BCUT2D eigenvalue weighted by Gasteiger charge is 2.24. The maximum Gasteiger partial charge on any atom is 0.152 e. The van der Waals surface area contributed by atoms with E-state index in [0.717, 1.165) is 22.7 Å². The van der Waals surface area contributed by atoms with Crippen molar-refractivity contribution >= 4 is 32.6 Å². The first-order chi connectivity index (χ1) is 14.9. The lowest BCUT2D eigenvalue weighted by molar-refractivity contribution is 0.476. The van der Waals surface area contributed by atoms with Crippen molar-refractivity contribution in [1.29, 1.82) is 0 Å². The van der Waals surface area contributed by atoms with Gasteiger partial charge in [-0.1, -0.05) is 72.8 Å². The molecule has 1 aromatic heterocycles. The first kappa shape index (κ1) is 15.8. The Bertz CT molecular complexity index is 1620. The summed E-state index contributed by atoms with van der Waals surface area (Å²) in [6.45, 7) is 0. The van der Waals surface area contributed by atoms with E-state index in [4.69, 9.17) is 4.74 Å². The van der Waals surface area contributed by atoms with Crippen molar-refractivity contribution in [3.63, 3.8) is 0 Å². The molecule has 2 heteroatoms. The van der Waals surface area contributed by atoms with Gasteiger partial charge in [-0.15, -0.1) is 0 Å². The molecular weight excluding hydrogens is 366 g/mol. The number of rotatable bonds is 1. The number of aromatic nitrogens is 1. The van der Waals surface area contributed by atoms with Crippen LogP contribution in [0.1, 0.15) is 0 Å². The van der Waals surface area contributed by atoms with E-state index in [1.807, 2.05) is 12.1 Å². The molecule has 0 N–H and O–H groups in total. The lowest BCUT2D eigenvalue weighted by Gasteiger charge is -2.21. The van der Waals surface area contributed by atoms with Gasteiger partial charge >= 0.3 is 0 Å². The molecular formula is C28H17NO. The fourth-order valence-electron chi connectivity index (χ4n) is 4.87. The van der Waals surface area contributed by atoms with Crippen molar-refractivity contribution in [2.75, 3.05) is 0 Å². The van der Waals surface area contributed by atoms with E-state index >= 15 is 0 Å². The Labute approximate surface area is 173 Å². The number of para-hydroxylation sites is 3. The van der Waals surface area contributed by atoms with Gasteiger partial charge in [-0.05, 0) is 52.2 Å². The summed E-state index contributed by atoms with van der Waals surface area (Å²) in [4.78, 5) is 0. The largest absolute Gasteiger partial charge is 0.453 e. The third-order valence-electron chi connectivity index (χ3n) is 6.16. The Morgan fingerprint density at radius 1 is 0.567 bits per heavy atom. The molecule has 0 fully saturated rings. The minimum atomic E-state index is 0.891. The van der Waals surface area contributed by atoms with Gasteiger partial charge in [-0.3, -0.25) is 0 Å². The average Bonchev–Trinajstić information content (AvgIpc) is 3.14. The number of hydrogen-bond donors (Lipinski definition) is 0. The normalized spacial score (nSPS) is 12.3. The second kappa shape index (κ2) is 5.74. The van der Waals surface area contributed by atoms with Crippen molar-refractivity contribution in [2.45, 2.75) is 0 Å². The van der Waals surface area contributed by atoms with Gasteiger partial charge in [0.25, 0.3) is 0 Å². The Hall–Kier alpha value is -4.04. The first-order valence-corrected chi connectivity index (χ1v) is 10.2. The van der Waals surface area contributed by atoms with E-state index < -0.39 is 0 Å². The standard InChI is InChI=1S/C28H17NO/c1-2-10-20-18(8-1)9-7-12-21(20)19-16-23-22-11-3-4-13-24(22)29-25-14-5-6-15-26(25)30-27(17-19)28(23)29/h1-17H. The van der Waals surface area contributed by atoms with Crippen LogP contribution in [0.5, 0.6) is 11.5 Å². The van der Waals surface area contributed by atoms with Crippen molar-refractivity contribution < 1.29 is 4.74 Å². The van der Waals surface area contributed by atoms with E-state index in [0.29, 0.717) is 0 Å². The van der Waals surface area contributed by atoms with Crippen molar-refractivity contribution in [3.8, 4) is 28.3 Å². The van der Waals surface area contributed by atoms with Crippen LogP contribution in [-0.4, -0.2) is 4.57 Å². The summed E-state index contributed by atoms with van der Waals surface area (Å²) in [6, 6.07) is 36.4. The minimum absolute atomic E-state index is 0.891. The van der Waals surface area contributed by atoms with Crippen LogP contribution < -0.4 is 4.74 Å². The van der Waals surface area contributed by atoms with Crippen LogP contribution in [0.15, 0.2) is 103 Å². The van der Waals surface area contributed by atoms with Crippen molar-refractivity contribution in [2.24, 2.45) is 0 Å². The Morgan fingerprint density at radius 2 is 1.33 bits per heavy atom. The molecule has 30 heavy (non-hydrogen) atoms. The van der Waals surface area contributed by atoms with Gasteiger partial charge in [-0.2, -0.15) is 0 Å². The summed E-state index contributed by atoms with van der Waals surface area (Å²) in [5.41, 5.74) is 5.84. The number of ether oxygens (including phenoxy) is 1. The van der Waals surface area contributed by atoms with Crippen LogP contribution in [0.25, 0.3) is 49.4 Å². The maximum atomic E-state index is 6.43. The number of nitrogens with zero attached hydrogens (tertiary/aromatic N) is 1. The van der Waals surface area contributed by atoms with Gasteiger partial charge in [0, 0.05) is 10.8 Å². The van der Waals surface area contributed by atoms with E-state index in [9.17, 15) is 0 Å². The first-order valence-electron chi connectivity index (χ1n) is 10.2. The molecule has 0 saturated carbocycles. The van der Waals surface area contributed by atoms with Crippen LogP contribution in [0.3, 0.4) is 0 Å². The van der Waals surface area contributed by atoms with Gasteiger partial charge < -0.3 is 9.30 Å². The second-order valence-electron chi connectivity index (χ2n) is 7.82. The van der Waals surface area contributed by atoms with Crippen LogP contribution >= 0.6 is 0 Å². The molecule has 1 aliphatic rings. The van der Waals surface area contributed by atoms with E-state index in [-0.39, 0.29) is 0 Å². The van der Waals surface area contributed by atoms with Crippen LogP contribution in [-0.2, 0) is 0 Å². The van der Waals surface area contributed by atoms with E-state index in [1.165, 1.54) is 38.2 Å². The monoisotopic (exact) mass is 383 g/mol. The quantitative estimate of drug-likeness (QED) is 0.283. The number of benzene rings is 5. The zero-order valence-corrected chi connectivity index (χ0v) is 16.2. The zero-order chi connectivity index (χ0) is 19.7. The predicted molar refractivity (Wildman–Crippen MR) is 124 cm³/mol. The van der Waals surface area contributed by atoms with Crippen LogP contribution in [0.2, 0.25) is 0 Å². The smallest absolute Gasteiger partial charge is 0.152 e. The lowest BCUT2D eigenvalue weighted by Crippen LogP contribution is -2.03. The molecule has 7 rings (SSSR count). The summed E-state index contributed by atoms with van der Waals surface area (Å²) in [5, 5.41) is 4.97. The SMILES string of the molecule is c1ccc2c(c1)Oc1cc(-c3cccc4ccccc34)cc3c4ccccc4n-2c13. The molecule has 0 radical (unpaired) electrons. The van der Waals surface area contributed by atoms with Crippen LogP contribution in [0.4, 0.5) is 0 Å². The lowest BCUT2D eigenvalue weighted by atomic mass is 9.96. The summed E-state index contributed by atoms with van der Waals surface area (Å²) < 4.78 is 8.77. The highest BCUT2D eigenvalue weighted by Crippen LogP contribution is 2.47. The highest BCUT2D eigenvalue weighted by atomic mass is 16.5. The van der Waals surface area contributed by atoms with Gasteiger partial charge in [-0.25, -0.2) is 0 Å². The molecule has 1 aliphatic heterocycles. The molecule has 140 valence electrons. The summed E-state index contributed by atoms with van der Waals surface area (Å²) in [7, 11) is 0. The average molecular weight is 383 g/mol. The van der Waals surface area contributed by atoms with Crippen molar-refractivity contribution in [3.05, 3.63) is 103 Å². The third kappa shape index (κ3) is 2.03. The zero-order valence-electron chi connectivity index (χ0n) is 16.2. The second-order valence-corrected chi connectivity index (χ2v) is 7.82. The molecule has 6 aromatic rings. The fraction of sp³-hybridized carbons (Fsp3) is 0. The van der Waals surface area contributed by atoms with Crippen LogP contribution in [0, 0.1) is 0 Å². The van der Waals surface area contributed by atoms with E-state index in [1.54, 1.807) is 0 Å².